The Balaban J connectivity index is 2.64. The smallest absolute Gasteiger partial charge is 0.0640 e. The van der Waals surface area contributed by atoms with E-state index in [-0.39, 0.29) is 0 Å². The Hall–Kier alpha value is -0.830. The lowest BCUT2D eigenvalue weighted by Crippen LogP contribution is -2.36. The molecule has 3 heteroatoms. The number of hydrogen-bond donors (Lipinski definition) is 1. The van der Waals surface area contributed by atoms with Gasteiger partial charge in [0.05, 0.1) is 11.7 Å². The zero-order valence-corrected chi connectivity index (χ0v) is 13.3. The van der Waals surface area contributed by atoms with Crippen molar-refractivity contribution in [3.05, 3.63) is 18.0 Å². The maximum absolute atomic E-state index is 4.76. The third kappa shape index (κ3) is 4.98. The molecular formula is C16H31N3. The van der Waals surface area contributed by atoms with Gasteiger partial charge in [-0.15, -0.1) is 0 Å². The topological polar surface area (TPSA) is 29.9 Å². The molecule has 1 heterocycles. The summed E-state index contributed by atoms with van der Waals surface area (Å²) in [6.07, 6.45) is 6.67. The maximum Gasteiger partial charge on any atom is 0.0640 e. The van der Waals surface area contributed by atoms with Crippen LogP contribution in [0.5, 0.6) is 0 Å². The predicted molar refractivity (Wildman–Crippen MR) is 82.5 cm³/mol. The quantitative estimate of drug-likeness (QED) is 0.736. The molecule has 0 radical (unpaired) electrons. The van der Waals surface area contributed by atoms with Crippen LogP contribution in [0.25, 0.3) is 0 Å². The van der Waals surface area contributed by atoms with Crippen LogP contribution in [0.2, 0.25) is 0 Å². The minimum Gasteiger partial charge on any atom is -0.313 e. The summed E-state index contributed by atoms with van der Waals surface area (Å²) >= 11 is 0. The van der Waals surface area contributed by atoms with Gasteiger partial charge in [0.15, 0.2) is 0 Å². The third-order valence-electron chi connectivity index (χ3n) is 3.87. The third-order valence-corrected chi connectivity index (χ3v) is 3.87. The number of nitrogens with zero attached hydrogens (tertiary/aromatic N) is 2. The van der Waals surface area contributed by atoms with Crippen molar-refractivity contribution >= 4 is 0 Å². The minimum atomic E-state index is 0.532. The van der Waals surface area contributed by atoms with Crippen molar-refractivity contribution in [2.75, 3.05) is 6.54 Å². The second-order valence-electron chi connectivity index (χ2n) is 5.77. The van der Waals surface area contributed by atoms with Gasteiger partial charge in [-0.25, -0.2) is 0 Å². The first kappa shape index (κ1) is 16.2. The van der Waals surface area contributed by atoms with E-state index in [2.05, 4.69) is 56.9 Å². The van der Waals surface area contributed by atoms with Crippen molar-refractivity contribution in [2.24, 2.45) is 5.92 Å². The Morgan fingerprint density at radius 1 is 1.21 bits per heavy atom. The molecule has 1 rings (SSSR count). The van der Waals surface area contributed by atoms with Crippen LogP contribution in [0, 0.1) is 5.92 Å². The van der Waals surface area contributed by atoms with Crippen LogP contribution in [0.3, 0.4) is 0 Å². The van der Waals surface area contributed by atoms with Gasteiger partial charge in [0.25, 0.3) is 0 Å². The maximum atomic E-state index is 4.76. The van der Waals surface area contributed by atoms with E-state index in [1.54, 1.807) is 0 Å². The highest BCUT2D eigenvalue weighted by atomic mass is 15.3. The second-order valence-corrected chi connectivity index (χ2v) is 5.77. The SMILES string of the molecule is CCCNC(Cc1ccn(C(CC)CC)n1)C(C)C. The Labute approximate surface area is 118 Å². The van der Waals surface area contributed by atoms with Gasteiger partial charge in [0, 0.05) is 18.7 Å². The summed E-state index contributed by atoms with van der Waals surface area (Å²) in [6.45, 7) is 12.3. The van der Waals surface area contributed by atoms with E-state index in [1.807, 2.05) is 0 Å². The Bertz CT molecular complexity index is 340. The molecule has 110 valence electrons. The fourth-order valence-electron chi connectivity index (χ4n) is 2.45. The highest BCUT2D eigenvalue weighted by Gasteiger charge is 2.15. The fourth-order valence-corrected chi connectivity index (χ4v) is 2.45. The summed E-state index contributed by atoms with van der Waals surface area (Å²) < 4.78 is 2.15. The van der Waals surface area contributed by atoms with E-state index in [0.717, 1.165) is 25.8 Å². The Morgan fingerprint density at radius 2 is 1.89 bits per heavy atom. The van der Waals surface area contributed by atoms with Gasteiger partial charge in [-0.2, -0.15) is 5.10 Å². The molecule has 1 aromatic rings. The summed E-state index contributed by atoms with van der Waals surface area (Å²) in [5.41, 5.74) is 1.22. The van der Waals surface area contributed by atoms with Gasteiger partial charge < -0.3 is 5.32 Å². The average molecular weight is 265 g/mol. The lowest BCUT2D eigenvalue weighted by atomic mass is 9.99. The van der Waals surface area contributed by atoms with Gasteiger partial charge in [-0.1, -0.05) is 34.6 Å². The first-order valence-corrected chi connectivity index (χ1v) is 7.89. The summed E-state index contributed by atoms with van der Waals surface area (Å²) in [7, 11) is 0. The summed E-state index contributed by atoms with van der Waals surface area (Å²) in [4.78, 5) is 0. The van der Waals surface area contributed by atoms with E-state index in [0.29, 0.717) is 18.0 Å². The molecule has 0 fully saturated rings. The molecule has 0 aliphatic carbocycles. The highest BCUT2D eigenvalue weighted by molar-refractivity contribution is 5.02. The zero-order valence-electron chi connectivity index (χ0n) is 13.3. The van der Waals surface area contributed by atoms with Crippen molar-refractivity contribution in [3.63, 3.8) is 0 Å². The normalized spacial score (nSPS) is 13.4. The molecule has 0 saturated heterocycles. The number of aromatic nitrogens is 2. The number of nitrogens with one attached hydrogen (secondary N) is 1. The molecule has 1 aromatic heterocycles. The van der Waals surface area contributed by atoms with Crippen LogP contribution in [-0.4, -0.2) is 22.4 Å². The van der Waals surface area contributed by atoms with Crippen molar-refractivity contribution in [1.82, 2.24) is 15.1 Å². The van der Waals surface area contributed by atoms with Crippen molar-refractivity contribution in [1.29, 1.82) is 0 Å². The van der Waals surface area contributed by atoms with E-state index in [9.17, 15) is 0 Å². The number of rotatable bonds is 9. The molecule has 0 amide bonds. The fraction of sp³-hybridized carbons (Fsp3) is 0.812. The van der Waals surface area contributed by atoms with Crippen LogP contribution in [0.1, 0.15) is 65.6 Å². The lowest BCUT2D eigenvalue weighted by Gasteiger charge is -2.21. The molecule has 1 N–H and O–H groups in total. The first-order valence-electron chi connectivity index (χ1n) is 7.89. The summed E-state index contributed by atoms with van der Waals surface area (Å²) in [5.74, 6) is 0.643. The zero-order chi connectivity index (χ0) is 14.3. The summed E-state index contributed by atoms with van der Waals surface area (Å²) in [6, 6.07) is 3.27. The van der Waals surface area contributed by atoms with Crippen LogP contribution in [-0.2, 0) is 6.42 Å². The van der Waals surface area contributed by atoms with Gasteiger partial charge in [-0.3, -0.25) is 4.68 Å². The molecular weight excluding hydrogens is 234 g/mol. The van der Waals surface area contributed by atoms with E-state index in [1.165, 1.54) is 12.1 Å². The molecule has 0 bridgehead atoms. The van der Waals surface area contributed by atoms with E-state index in [4.69, 9.17) is 5.10 Å². The van der Waals surface area contributed by atoms with Gasteiger partial charge in [0.1, 0.15) is 0 Å². The molecule has 1 unspecified atom stereocenters. The van der Waals surface area contributed by atoms with Crippen LogP contribution < -0.4 is 5.32 Å². The first-order chi connectivity index (χ1) is 9.12. The van der Waals surface area contributed by atoms with Crippen LogP contribution >= 0.6 is 0 Å². The standard InChI is InChI=1S/C16H31N3/c1-6-10-17-16(13(4)5)12-14-9-11-19(18-14)15(7-2)8-3/h9,11,13,15-17H,6-8,10,12H2,1-5H3. The van der Waals surface area contributed by atoms with Crippen LogP contribution in [0.4, 0.5) is 0 Å². The molecule has 0 spiro atoms. The van der Waals surface area contributed by atoms with Crippen molar-refractivity contribution < 1.29 is 0 Å². The lowest BCUT2D eigenvalue weighted by molar-refractivity contribution is 0.386. The Morgan fingerprint density at radius 3 is 2.42 bits per heavy atom. The van der Waals surface area contributed by atoms with Gasteiger partial charge in [0.2, 0.25) is 0 Å². The van der Waals surface area contributed by atoms with E-state index < -0.39 is 0 Å². The highest BCUT2D eigenvalue weighted by Crippen LogP contribution is 2.16. The average Bonchev–Trinajstić information content (AvgIpc) is 2.84. The number of hydrogen-bond acceptors (Lipinski definition) is 2. The molecule has 19 heavy (non-hydrogen) atoms. The van der Waals surface area contributed by atoms with Gasteiger partial charge >= 0.3 is 0 Å². The summed E-state index contributed by atoms with van der Waals surface area (Å²) in [5, 5.41) is 8.39. The molecule has 0 aromatic carbocycles. The minimum absolute atomic E-state index is 0.532. The molecule has 0 saturated carbocycles. The molecule has 1 atom stereocenters. The van der Waals surface area contributed by atoms with Crippen molar-refractivity contribution in [3.8, 4) is 0 Å². The predicted octanol–water partition coefficient (Wildman–Crippen LogP) is 3.81. The van der Waals surface area contributed by atoms with Gasteiger partial charge in [-0.05, 0) is 37.8 Å². The van der Waals surface area contributed by atoms with Crippen LogP contribution in [0.15, 0.2) is 12.3 Å². The largest absolute Gasteiger partial charge is 0.313 e. The molecule has 0 aliphatic rings. The van der Waals surface area contributed by atoms with Crippen molar-refractivity contribution in [2.45, 2.75) is 72.4 Å². The molecule has 3 nitrogen and oxygen atoms in total. The second kappa shape index (κ2) is 8.36. The monoisotopic (exact) mass is 265 g/mol. The molecule has 0 aliphatic heterocycles. The van der Waals surface area contributed by atoms with E-state index >= 15 is 0 Å². The Kier molecular flexibility index (Phi) is 7.14.